The first kappa shape index (κ1) is 36.1. The molecular formula is C36H53N5O6. The second-order valence-corrected chi connectivity index (χ2v) is 14.7. The number of carbonyl (C=O) groups excluding carboxylic acids is 4. The fourth-order valence-corrected chi connectivity index (χ4v) is 6.93. The Hall–Kier alpha value is -3.73. The van der Waals surface area contributed by atoms with E-state index in [4.69, 9.17) is 15.2 Å². The van der Waals surface area contributed by atoms with Crippen LogP contribution in [0.3, 0.4) is 0 Å². The van der Waals surface area contributed by atoms with Gasteiger partial charge in [0.25, 0.3) is 0 Å². The Balaban J connectivity index is 1.37. The molecule has 4 N–H and O–H groups in total. The summed E-state index contributed by atoms with van der Waals surface area (Å²) >= 11 is 0. The first-order valence-corrected chi connectivity index (χ1v) is 17.1. The number of rotatable bonds is 13. The maximum atomic E-state index is 14.2. The summed E-state index contributed by atoms with van der Waals surface area (Å²) in [6.07, 6.45) is 9.75. The lowest BCUT2D eigenvalue weighted by Crippen LogP contribution is -2.49. The lowest BCUT2D eigenvalue weighted by Gasteiger charge is -2.35. The molecule has 2 aromatic rings. The zero-order chi connectivity index (χ0) is 34.2. The number of hydrogen-bond donors (Lipinski definition) is 3. The molecule has 1 aliphatic heterocycles. The van der Waals surface area contributed by atoms with Crippen LogP contribution in [0, 0.1) is 11.8 Å². The van der Waals surface area contributed by atoms with Gasteiger partial charge in [-0.05, 0) is 89.3 Å². The van der Waals surface area contributed by atoms with Crippen molar-refractivity contribution in [1.82, 2.24) is 20.5 Å². The van der Waals surface area contributed by atoms with Gasteiger partial charge in [0, 0.05) is 30.6 Å². The van der Waals surface area contributed by atoms with Gasteiger partial charge in [0.05, 0.1) is 13.1 Å². The molecule has 0 bridgehead atoms. The number of aromatic nitrogens is 1. The molecule has 11 heteroatoms. The summed E-state index contributed by atoms with van der Waals surface area (Å²) in [5, 5.41) is 7.66. The van der Waals surface area contributed by atoms with E-state index in [2.05, 4.69) is 15.6 Å². The van der Waals surface area contributed by atoms with E-state index in [9.17, 15) is 19.2 Å². The molecule has 1 aromatic heterocycles. The maximum Gasteiger partial charge on any atom is 0.320 e. The van der Waals surface area contributed by atoms with Gasteiger partial charge >= 0.3 is 11.9 Å². The molecule has 1 saturated carbocycles. The third-order valence-corrected chi connectivity index (χ3v) is 8.94. The number of anilines is 1. The second kappa shape index (κ2) is 15.9. The van der Waals surface area contributed by atoms with Crippen LogP contribution in [0.1, 0.15) is 98.0 Å². The van der Waals surface area contributed by atoms with E-state index >= 15 is 0 Å². The van der Waals surface area contributed by atoms with Gasteiger partial charge in [-0.25, -0.2) is 4.98 Å². The van der Waals surface area contributed by atoms with Crippen molar-refractivity contribution in [3.63, 3.8) is 0 Å². The van der Waals surface area contributed by atoms with Crippen LogP contribution in [0.5, 0.6) is 0 Å². The summed E-state index contributed by atoms with van der Waals surface area (Å²) in [6.45, 7) is 9.59. The molecule has 0 radical (unpaired) electrons. The minimum atomic E-state index is -0.924. The predicted molar refractivity (Wildman–Crippen MR) is 181 cm³/mol. The number of hydrogen-bond acceptors (Lipinski definition) is 9. The van der Waals surface area contributed by atoms with Crippen molar-refractivity contribution in [2.24, 2.45) is 11.8 Å². The van der Waals surface area contributed by atoms with Crippen molar-refractivity contribution < 1.29 is 28.7 Å². The molecule has 4 rings (SSSR count). The molecule has 2 unspecified atom stereocenters. The molecule has 258 valence electrons. The highest BCUT2D eigenvalue weighted by molar-refractivity contribution is 5.91. The van der Waals surface area contributed by atoms with Gasteiger partial charge in [-0.2, -0.15) is 0 Å². The average Bonchev–Trinajstić information content (AvgIpc) is 3.49. The van der Waals surface area contributed by atoms with Gasteiger partial charge in [-0.15, -0.1) is 0 Å². The number of fused-ring (bicyclic) bond motifs is 1. The van der Waals surface area contributed by atoms with Crippen molar-refractivity contribution >= 4 is 40.3 Å². The fraction of sp³-hybridized carbons (Fsp3) is 0.639. The molecule has 2 aliphatic rings. The summed E-state index contributed by atoms with van der Waals surface area (Å²) in [7, 11) is 0. The molecule has 2 atom stereocenters. The first-order valence-electron chi connectivity index (χ1n) is 17.1. The fourth-order valence-electron chi connectivity index (χ4n) is 6.93. The number of amides is 2. The molecule has 2 fully saturated rings. The number of nitrogen functional groups attached to an aromatic ring is 1. The Bertz CT molecular complexity index is 1410. The van der Waals surface area contributed by atoms with Crippen LogP contribution in [-0.4, -0.2) is 70.5 Å². The number of pyridine rings is 1. The smallest absolute Gasteiger partial charge is 0.320 e. The number of carbonyl (C=O) groups is 4. The molecular weight excluding hydrogens is 598 g/mol. The normalized spacial score (nSPS) is 18.1. The highest BCUT2D eigenvalue weighted by atomic mass is 16.6. The summed E-state index contributed by atoms with van der Waals surface area (Å²) in [5.41, 5.74) is 5.39. The van der Waals surface area contributed by atoms with E-state index in [1.807, 2.05) is 38.1 Å². The minimum absolute atomic E-state index is 0.0471. The van der Waals surface area contributed by atoms with E-state index in [0.717, 1.165) is 48.4 Å². The SMILES string of the molecule is CC(C)(C)OC(=O)CNCC(=O)OC(C)(C)CC(CC1CCCCC1)C(=O)N1CCCC1C(=O)NCc1ccc2c(N)nccc2c1. The third kappa shape index (κ3) is 10.9. The van der Waals surface area contributed by atoms with Crippen molar-refractivity contribution in [3.8, 4) is 0 Å². The Morgan fingerprint density at radius 3 is 2.36 bits per heavy atom. The number of esters is 2. The molecule has 2 amide bonds. The van der Waals surface area contributed by atoms with E-state index in [-0.39, 0.29) is 30.8 Å². The number of benzene rings is 1. The van der Waals surface area contributed by atoms with Gasteiger partial charge in [0.15, 0.2) is 0 Å². The van der Waals surface area contributed by atoms with Crippen LogP contribution in [0.4, 0.5) is 5.82 Å². The number of ether oxygens (including phenoxy) is 2. The van der Waals surface area contributed by atoms with Crippen molar-refractivity contribution in [2.75, 3.05) is 25.4 Å². The van der Waals surface area contributed by atoms with Gasteiger partial charge in [-0.3, -0.25) is 24.5 Å². The molecule has 1 aromatic carbocycles. The molecule has 1 saturated heterocycles. The summed E-state index contributed by atoms with van der Waals surface area (Å²) in [5.74, 6) is -0.665. The van der Waals surface area contributed by atoms with Crippen molar-refractivity contribution in [1.29, 1.82) is 0 Å². The van der Waals surface area contributed by atoms with Gasteiger partial charge in [0.1, 0.15) is 23.1 Å². The predicted octanol–water partition coefficient (Wildman–Crippen LogP) is 4.65. The van der Waals surface area contributed by atoms with Crippen molar-refractivity contribution in [2.45, 2.75) is 116 Å². The average molecular weight is 652 g/mol. The van der Waals surface area contributed by atoms with Crippen LogP contribution < -0.4 is 16.4 Å². The summed E-state index contributed by atoms with van der Waals surface area (Å²) in [6, 6.07) is 7.17. The minimum Gasteiger partial charge on any atom is -0.459 e. The number of nitrogens with two attached hydrogens (primary N) is 1. The molecule has 2 heterocycles. The van der Waals surface area contributed by atoms with Crippen LogP contribution >= 0.6 is 0 Å². The highest BCUT2D eigenvalue weighted by Gasteiger charge is 2.40. The highest BCUT2D eigenvalue weighted by Crippen LogP contribution is 2.35. The Morgan fingerprint density at radius 2 is 1.66 bits per heavy atom. The van der Waals surface area contributed by atoms with Crippen LogP contribution in [0.25, 0.3) is 10.8 Å². The maximum absolute atomic E-state index is 14.2. The van der Waals surface area contributed by atoms with Gasteiger partial charge < -0.3 is 25.4 Å². The number of nitrogens with zero attached hydrogens (tertiary/aromatic N) is 2. The monoisotopic (exact) mass is 651 g/mol. The number of nitrogens with one attached hydrogen (secondary N) is 2. The second-order valence-electron chi connectivity index (χ2n) is 14.7. The van der Waals surface area contributed by atoms with Crippen molar-refractivity contribution in [3.05, 3.63) is 36.0 Å². The van der Waals surface area contributed by atoms with E-state index in [1.165, 1.54) is 6.42 Å². The Labute approximate surface area is 278 Å². The summed E-state index contributed by atoms with van der Waals surface area (Å²) < 4.78 is 11.1. The third-order valence-electron chi connectivity index (χ3n) is 8.94. The summed E-state index contributed by atoms with van der Waals surface area (Å²) in [4.78, 5) is 58.3. The Morgan fingerprint density at radius 1 is 0.957 bits per heavy atom. The topological polar surface area (TPSA) is 153 Å². The molecule has 0 spiro atoms. The van der Waals surface area contributed by atoms with Crippen LogP contribution in [0.2, 0.25) is 0 Å². The quantitative estimate of drug-likeness (QED) is 0.263. The van der Waals surface area contributed by atoms with Crippen LogP contribution in [-0.2, 0) is 35.2 Å². The lowest BCUT2D eigenvalue weighted by atomic mass is 9.79. The van der Waals surface area contributed by atoms with E-state index in [0.29, 0.717) is 44.1 Å². The standard InChI is InChI=1S/C36H53N5O6/c1-35(2,3)46-30(42)22-38-23-31(43)47-36(4,5)20-27(18-24-10-7-6-8-11-24)34(45)41-17-9-12-29(41)33(44)40-21-25-13-14-28-26(19-25)15-16-39-32(28)37/h13-16,19,24,27,29,38H,6-12,17-18,20-23H2,1-5H3,(H2,37,39)(H,40,44). The zero-order valence-corrected chi connectivity index (χ0v) is 28.7. The van der Waals surface area contributed by atoms with Gasteiger partial charge in [0.2, 0.25) is 11.8 Å². The van der Waals surface area contributed by atoms with Gasteiger partial charge in [-0.1, -0.05) is 44.2 Å². The largest absolute Gasteiger partial charge is 0.459 e. The van der Waals surface area contributed by atoms with E-state index in [1.54, 1.807) is 31.9 Å². The van der Waals surface area contributed by atoms with Crippen LogP contribution in [0.15, 0.2) is 30.5 Å². The molecule has 47 heavy (non-hydrogen) atoms. The first-order chi connectivity index (χ1) is 22.2. The Kier molecular flexibility index (Phi) is 12.2. The number of likely N-dealkylation sites (tertiary alicyclic amines) is 1. The van der Waals surface area contributed by atoms with E-state index < -0.39 is 29.2 Å². The molecule has 11 nitrogen and oxygen atoms in total. The lowest BCUT2D eigenvalue weighted by molar-refractivity contribution is -0.160. The zero-order valence-electron chi connectivity index (χ0n) is 28.7. The molecule has 1 aliphatic carbocycles.